The molecule has 0 atom stereocenters. The summed E-state index contributed by atoms with van der Waals surface area (Å²) in [5.41, 5.74) is 0. The predicted molar refractivity (Wildman–Crippen MR) is 104 cm³/mol. The number of ether oxygens (including phenoxy) is 2. The fraction of sp³-hybridized carbons (Fsp3) is 0.500. The Kier molecular flexibility index (Phi) is 5.47. The van der Waals surface area contributed by atoms with E-state index in [-0.39, 0.29) is 11.8 Å². The number of hydrogen-bond donors (Lipinski definition) is 1. The first-order chi connectivity index (χ1) is 13.7. The first kappa shape index (κ1) is 18.7. The van der Waals surface area contributed by atoms with E-state index in [1.807, 2.05) is 0 Å². The minimum absolute atomic E-state index is 0.00288. The van der Waals surface area contributed by atoms with E-state index in [9.17, 15) is 4.79 Å². The number of amides is 1. The summed E-state index contributed by atoms with van der Waals surface area (Å²) < 4.78 is 11.0. The molecule has 4 rings (SSSR count). The minimum Gasteiger partial charge on any atom is -0.480 e. The molecule has 2 aromatic heterocycles. The van der Waals surface area contributed by atoms with Crippen LogP contribution in [0.25, 0.3) is 0 Å². The quantitative estimate of drug-likeness (QED) is 0.699. The Balaban J connectivity index is 1.58. The highest BCUT2D eigenvalue weighted by molar-refractivity contribution is 7.99. The Morgan fingerprint density at radius 1 is 1.14 bits per heavy atom. The first-order valence-electron chi connectivity index (χ1n) is 9.24. The molecular formula is C18H22N6O3S. The molecule has 2 aromatic rings. The van der Waals surface area contributed by atoms with Crippen LogP contribution in [0.1, 0.15) is 25.7 Å². The molecule has 0 radical (unpaired) electrons. The van der Waals surface area contributed by atoms with Gasteiger partial charge in [-0.25, -0.2) is 9.97 Å². The van der Waals surface area contributed by atoms with Crippen molar-refractivity contribution < 1.29 is 14.3 Å². The third-order valence-electron chi connectivity index (χ3n) is 4.59. The summed E-state index contributed by atoms with van der Waals surface area (Å²) in [6, 6.07) is 1.67. The molecule has 1 amide bonds. The van der Waals surface area contributed by atoms with Crippen LogP contribution in [0.5, 0.6) is 11.8 Å². The van der Waals surface area contributed by atoms with E-state index in [1.54, 1.807) is 26.5 Å². The van der Waals surface area contributed by atoms with Crippen molar-refractivity contribution in [3.05, 3.63) is 12.3 Å². The van der Waals surface area contributed by atoms with Gasteiger partial charge in [-0.15, -0.1) is 0 Å². The van der Waals surface area contributed by atoms with Crippen LogP contribution in [-0.4, -0.2) is 53.2 Å². The molecule has 1 saturated heterocycles. The van der Waals surface area contributed by atoms with Crippen molar-refractivity contribution in [2.24, 2.45) is 5.92 Å². The Bertz CT molecular complexity index is 845. The lowest BCUT2D eigenvalue weighted by molar-refractivity contribution is -0.117. The number of rotatable bonds is 7. The lowest BCUT2D eigenvalue weighted by Gasteiger charge is -2.18. The summed E-state index contributed by atoms with van der Waals surface area (Å²) in [4.78, 5) is 32.5. The molecule has 1 aliphatic carbocycles. The van der Waals surface area contributed by atoms with E-state index in [2.05, 4.69) is 30.2 Å². The van der Waals surface area contributed by atoms with Crippen molar-refractivity contribution in [2.75, 3.05) is 37.5 Å². The number of nitrogens with zero attached hydrogens (tertiary/aromatic N) is 5. The average Bonchev–Trinajstić information content (AvgIpc) is 3.43. The van der Waals surface area contributed by atoms with Crippen LogP contribution in [0.4, 0.5) is 11.8 Å². The van der Waals surface area contributed by atoms with Gasteiger partial charge < -0.3 is 19.7 Å². The molecular weight excluding hydrogens is 380 g/mol. The van der Waals surface area contributed by atoms with Gasteiger partial charge in [-0.1, -0.05) is 0 Å². The van der Waals surface area contributed by atoms with Gasteiger partial charge in [-0.3, -0.25) is 4.79 Å². The van der Waals surface area contributed by atoms with E-state index in [1.165, 1.54) is 11.8 Å². The van der Waals surface area contributed by atoms with Gasteiger partial charge >= 0.3 is 0 Å². The molecule has 3 heterocycles. The normalized spacial score (nSPS) is 16.1. The first-order valence-corrected chi connectivity index (χ1v) is 10.1. The van der Waals surface area contributed by atoms with E-state index < -0.39 is 0 Å². The maximum absolute atomic E-state index is 12.0. The molecule has 1 N–H and O–H groups in total. The van der Waals surface area contributed by atoms with Gasteiger partial charge in [-0.05, 0) is 43.5 Å². The van der Waals surface area contributed by atoms with Gasteiger partial charge in [0.05, 0.1) is 14.2 Å². The zero-order chi connectivity index (χ0) is 19.5. The Morgan fingerprint density at radius 2 is 1.82 bits per heavy atom. The number of methoxy groups -OCH3 is 2. The van der Waals surface area contributed by atoms with E-state index in [0.717, 1.165) is 38.8 Å². The van der Waals surface area contributed by atoms with Crippen molar-refractivity contribution in [3.8, 4) is 11.8 Å². The summed E-state index contributed by atoms with van der Waals surface area (Å²) >= 11 is 1.24. The highest BCUT2D eigenvalue weighted by atomic mass is 32.2. The summed E-state index contributed by atoms with van der Waals surface area (Å²) in [5.74, 6) is 2.01. The summed E-state index contributed by atoms with van der Waals surface area (Å²) in [6.45, 7) is 1.84. The van der Waals surface area contributed by atoms with Crippen LogP contribution in [0.15, 0.2) is 22.3 Å². The van der Waals surface area contributed by atoms with Gasteiger partial charge in [0, 0.05) is 25.2 Å². The molecule has 1 saturated carbocycles. The van der Waals surface area contributed by atoms with E-state index in [0.29, 0.717) is 33.6 Å². The lowest BCUT2D eigenvalue weighted by Crippen LogP contribution is -2.21. The Hall–Kier alpha value is -2.62. The highest BCUT2D eigenvalue weighted by Gasteiger charge is 2.30. The fourth-order valence-electron chi connectivity index (χ4n) is 2.95. The maximum atomic E-state index is 12.0. The minimum atomic E-state index is 0.00288. The molecule has 28 heavy (non-hydrogen) atoms. The largest absolute Gasteiger partial charge is 0.480 e. The second-order valence-corrected chi connectivity index (χ2v) is 7.63. The van der Waals surface area contributed by atoms with E-state index in [4.69, 9.17) is 9.47 Å². The van der Waals surface area contributed by atoms with Crippen molar-refractivity contribution in [2.45, 2.75) is 35.7 Å². The number of carbonyl (C=O) groups excluding carboxylic acids is 1. The number of hydrogen-bond acceptors (Lipinski definition) is 9. The average molecular weight is 402 g/mol. The second kappa shape index (κ2) is 8.17. The molecule has 1 aliphatic heterocycles. The second-order valence-electron chi connectivity index (χ2n) is 6.66. The number of nitrogens with one attached hydrogen (secondary N) is 1. The summed E-state index contributed by atoms with van der Waals surface area (Å²) in [7, 11) is 3.12. The van der Waals surface area contributed by atoms with Crippen LogP contribution in [0.3, 0.4) is 0 Å². The van der Waals surface area contributed by atoms with Crippen molar-refractivity contribution >= 4 is 29.4 Å². The van der Waals surface area contributed by atoms with Gasteiger partial charge in [-0.2, -0.15) is 9.97 Å². The zero-order valence-corrected chi connectivity index (χ0v) is 16.7. The molecule has 2 fully saturated rings. The number of anilines is 2. The van der Waals surface area contributed by atoms with Crippen LogP contribution >= 0.6 is 11.8 Å². The van der Waals surface area contributed by atoms with Gasteiger partial charge in [0.25, 0.3) is 0 Å². The van der Waals surface area contributed by atoms with Crippen LogP contribution in [-0.2, 0) is 4.79 Å². The van der Waals surface area contributed by atoms with E-state index >= 15 is 0 Å². The van der Waals surface area contributed by atoms with Gasteiger partial charge in [0.15, 0.2) is 5.16 Å². The molecule has 10 heteroatoms. The molecule has 9 nitrogen and oxygen atoms in total. The SMILES string of the molecule is COc1nc(N2CCCC2)nc(OC)c1Sc1nccc(NC(=O)C2CC2)n1. The molecule has 2 aliphatic rings. The molecule has 0 unspecified atom stereocenters. The zero-order valence-electron chi connectivity index (χ0n) is 15.8. The monoisotopic (exact) mass is 402 g/mol. The molecule has 0 aromatic carbocycles. The topological polar surface area (TPSA) is 102 Å². The third-order valence-corrected chi connectivity index (χ3v) is 5.53. The summed E-state index contributed by atoms with van der Waals surface area (Å²) in [6.07, 6.45) is 5.73. The predicted octanol–water partition coefficient (Wildman–Crippen LogP) is 2.38. The smallest absolute Gasteiger partial charge is 0.236 e. The maximum Gasteiger partial charge on any atom is 0.236 e. The van der Waals surface area contributed by atoms with Crippen molar-refractivity contribution in [1.82, 2.24) is 19.9 Å². The van der Waals surface area contributed by atoms with Crippen LogP contribution < -0.4 is 19.7 Å². The Morgan fingerprint density at radius 3 is 2.43 bits per heavy atom. The molecule has 0 bridgehead atoms. The van der Waals surface area contributed by atoms with Crippen LogP contribution in [0, 0.1) is 5.92 Å². The Labute approximate surface area is 167 Å². The highest BCUT2D eigenvalue weighted by Crippen LogP contribution is 2.40. The number of carbonyl (C=O) groups is 1. The fourth-order valence-corrected chi connectivity index (χ4v) is 3.82. The molecule has 0 spiro atoms. The molecule has 148 valence electrons. The van der Waals surface area contributed by atoms with Gasteiger partial charge in [0.2, 0.25) is 23.6 Å². The standard InChI is InChI=1S/C18H22N6O3S/c1-26-15-13(16(27-2)23-17(22-15)24-9-3-4-10-24)28-18-19-8-7-12(21-18)20-14(25)11-5-6-11/h7-8,11H,3-6,9-10H2,1-2H3,(H,19,20,21,25). The lowest BCUT2D eigenvalue weighted by atomic mass is 10.4. The number of aromatic nitrogens is 4. The van der Waals surface area contributed by atoms with Crippen LogP contribution in [0.2, 0.25) is 0 Å². The van der Waals surface area contributed by atoms with Crippen molar-refractivity contribution in [3.63, 3.8) is 0 Å². The summed E-state index contributed by atoms with van der Waals surface area (Å²) in [5, 5.41) is 3.28. The van der Waals surface area contributed by atoms with Gasteiger partial charge in [0.1, 0.15) is 10.7 Å². The third kappa shape index (κ3) is 4.11. The van der Waals surface area contributed by atoms with Crippen molar-refractivity contribution in [1.29, 1.82) is 0 Å².